The maximum Gasteiger partial charge on any atom is 0.304 e. The maximum absolute atomic E-state index is 14.6. The molecule has 0 amide bonds. The molecule has 0 saturated carbocycles. The number of rotatable bonds is 7. The van der Waals surface area contributed by atoms with E-state index in [9.17, 15) is 9.18 Å². The van der Waals surface area contributed by atoms with E-state index < -0.39 is 17.2 Å². The van der Waals surface area contributed by atoms with E-state index in [0.29, 0.717) is 5.56 Å². The molecule has 0 bridgehead atoms. The number of benzene rings is 3. The molecule has 4 nitrogen and oxygen atoms in total. The molecule has 3 aromatic carbocycles. The third-order valence-electron chi connectivity index (χ3n) is 5.22. The van der Waals surface area contributed by atoms with Crippen molar-refractivity contribution in [2.24, 2.45) is 0 Å². The fraction of sp³-hybridized carbons (Fsp3) is 0.208. The number of halogens is 1. The van der Waals surface area contributed by atoms with Crippen LogP contribution in [0.5, 0.6) is 5.75 Å². The second-order valence-corrected chi connectivity index (χ2v) is 7.34. The summed E-state index contributed by atoms with van der Waals surface area (Å²) in [6, 6.07) is 22.6. The zero-order valence-corrected chi connectivity index (χ0v) is 15.8. The van der Waals surface area contributed by atoms with Crippen LogP contribution in [0.2, 0.25) is 0 Å². The predicted molar refractivity (Wildman–Crippen MR) is 107 cm³/mol. The van der Waals surface area contributed by atoms with Gasteiger partial charge in [-0.2, -0.15) is 0 Å². The number of carboxylic acids is 1. The minimum atomic E-state index is -0.924. The normalized spacial score (nSPS) is 14.8. The van der Waals surface area contributed by atoms with Gasteiger partial charge in [0.2, 0.25) is 0 Å². The number of carbonyl (C=O) groups is 1. The summed E-state index contributed by atoms with van der Waals surface area (Å²) in [7, 11) is 0. The number of aliphatic carboxylic acids is 1. The topological polar surface area (TPSA) is 55.8 Å². The molecule has 5 heteroatoms. The third kappa shape index (κ3) is 4.15. The Labute approximate surface area is 168 Å². The van der Waals surface area contributed by atoms with E-state index >= 15 is 0 Å². The Balaban J connectivity index is 1.48. The number of carboxylic acid groups (broad SMARTS) is 1. The van der Waals surface area contributed by atoms with Gasteiger partial charge in [-0.05, 0) is 40.5 Å². The van der Waals surface area contributed by atoms with Gasteiger partial charge in [0.25, 0.3) is 0 Å². The summed E-state index contributed by atoms with van der Waals surface area (Å²) >= 11 is 0. The average Bonchev–Trinajstić information content (AvgIpc) is 2.70. The molecule has 3 aromatic rings. The van der Waals surface area contributed by atoms with E-state index in [1.807, 2.05) is 54.6 Å². The summed E-state index contributed by atoms with van der Waals surface area (Å²) in [5.74, 6) is -1.28. The summed E-state index contributed by atoms with van der Waals surface area (Å²) in [6.45, 7) is 0.802. The first-order valence-electron chi connectivity index (χ1n) is 9.42. The standard InChI is InChI=1S/C24H21FO4/c25-21-12-20(24(13-23(26)27)15-28-16-24)9-10-22(21)29-14-17-5-4-8-19(11-17)18-6-2-1-3-7-18/h1-12H,13-16H2,(H,26,27). The van der Waals surface area contributed by atoms with Gasteiger partial charge in [0.05, 0.1) is 25.0 Å². The molecule has 0 atom stereocenters. The van der Waals surface area contributed by atoms with Gasteiger partial charge in [-0.3, -0.25) is 4.79 Å². The molecule has 1 heterocycles. The van der Waals surface area contributed by atoms with Crippen LogP contribution in [0.3, 0.4) is 0 Å². The highest BCUT2D eigenvalue weighted by Gasteiger charge is 2.42. The van der Waals surface area contributed by atoms with E-state index in [1.165, 1.54) is 6.07 Å². The SMILES string of the molecule is O=C(O)CC1(c2ccc(OCc3cccc(-c4ccccc4)c3)c(F)c2)COC1. The first-order chi connectivity index (χ1) is 14.1. The van der Waals surface area contributed by atoms with Crippen molar-refractivity contribution in [3.63, 3.8) is 0 Å². The van der Waals surface area contributed by atoms with E-state index in [2.05, 4.69) is 0 Å². The van der Waals surface area contributed by atoms with Crippen molar-refractivity contribution in [3.8, 4) is 16.9 Å². The van der Waals surface area contributed by atoms with Crippen LogP contribution in [0, 0.1) is 5.82 Å². The molecular weight excluding hydrogens is 371 g/mol. The summed E-state index contributed by atoms with van der Waals surface area (Å²) in [6.07, 6.45) is -0.0844. The molecule has 1 fully saturated rings. The Morgan fingerprint density at radius 2 is 1.76 bits per heavy atom. The Kier molecular flexibility index (Phi) is 5.32. The Morgan fingerprint density at radius 1 is 1.00 bits per heavy atom. The Bertz CT molecular complexity index is 1010. The maximum atomic E-state index is 14.6. The van der Waals surface area contributed by atoms with Crippen molar-refractivity contribution in [1.82, 2.24) is 0 Å². The first kappa shape index (κ1) is 19.2. The van der Waals surface area contributed by atoms with Gasteiger partial charge in [0, 0.05) is 0 Å². The Hall–Kier alpha value is -3.18. The highest BCUT2D eigenvalue weighted by molar-refractivity contribution is 5.69. The van der Waals surface area contributed by atoms with Crippen LogP contribution in [-0.4, -0.2) is 24.3 Å². The number of hydrogen-bond donors (Lipinski definition) is 1. The molecule has 1 aliphatic rings. The number of ether oxygens (including phenoxy) is 2. The van der Waals surface area contributed by atoms with Crippen molar-refractivity contribution in [2.45, 2.75) is 18.4 Å². The second kappa shape index (κ2) is 8.05. The van der Waals surface area contributed by atoms with Crippen LogP contribution in [0.1, 0.15) is 17.5 Å². The lowest BCUT2D eigenvalue weighted by atomic mass is 9.76. The first-order valence-corrected chi connectivity index (χ1v) is 9.42. The van der Waals surface area contributed by atoms with Crippen molar-refractivity contribution in [2.75, 3.05) is 13.2 Å². The molecule has 1 saturated heterocycles. The molecule has 1 aliphatic heterocycles. The highest BCUT2D eigenvalue weighted by Crippen LogP contribution is 2.37. The fourth-order valence-corrected chi connectivity index (χ4v) is 3.59. The highest BCUT2D eigenvalue weighted by atomic mass is 19.1. The fourth-order valence-electron chi connectivity index (χ4n) is 3.59. The summed E-state index contributed by atoms with van der Waals surface area (Å²) in [5.41, 5.74) is 3.08. The van der Waals surface area contributed by atoms with Crippen molar-refractivity contribution >= 4 is 5.97 Å². The van der Waals surface area contributed by atoms with E-state index in [4.69, 9.17) is 14.6 Å². The second-order valence-electron chi connectivity index (χ2n) is 7.34. The molecule has 29 heavy (non-hydrogen) atoms. The van der Waals surface area contributed by atoms with Crippen molar-refractivity contribution < 1.29 is 23.8 Å². The van der Waals surface area contributed by atoms with E-state index in [-0.39, 0.29) is 32.0 Å². The van der Waals surface area contributed by atoms with E-state index in [1.54, 1.807) is 12.1 Å². The molecule has 4 rings (SSSR count). The van der Waals surface area contributed by atoms with E-state index in [0.717, 1.165) is 16.7 Å². The minimum Gasteiger partial charge on any atom is -0.486 e. The van der Waals surface area contributed by atoms with Gasteiger partial charge >= 0.3 is 5.97 Å². The van der Waals surface area contributed by atoms with Gasteiger partial charge in [-0.25, -0.2) is 4.39 Å². The third-order valence-corrected chi connectivity index (χ3v) is 5.22. The molecule has 148 valence electrons. The van der Waals surface area contributed by atoms with Gasteiger partial charge in [-0.1, -0.05) is 54.6 Å². The van der Waals surface area contributed by atoms with Crippen LogP contribution >= 0.6 is 0 Å². The zero-order valence-electron chi connectivity index (χ0n) is 15.8. The van der Waals surface area contributed by atoms with Crippen LogP contribution in [-0.2, 0) is 21.6 Å². The summed E-state index contributed by atoms with van der Waals surface area (Å²) < 4.78 is 25.5. The van der Waals surface area contributed by atoms with Crippen LogP contribution in [0.4, 0.5) is 4.39 Å². The molecule has 1 N–H and O–H groups in total. The van der Waals surface area contributed by atoms with Gasteiger partial charge < -0.3 is 14.6 Å². The van der Waals surface area contributed by atoms with Crippen molar-refractivity contribution in [3.05, 3.63) is 89.7 Å². The van der Waals surface area contributed by atoms with Crippen LogP contribution in [0.25, 0.3) is 11.1 Å². The van der Waals surface area contributed by atoms with Crippen LogP contribution < -0.4 is 4.74 Å². The molecule has 0 aliphatic carbocycles. The summed E-state index contributed by atoms with van der Waals surface area (Å²) in [5, 5.41) is 9.14. The number of hydrogen-bond acceptors (Lipinski definition) is 3. The minimum absolute atomic E-state index is 0.0844. The molecule has 0 spiro atoms. The Morgan fingerprint density at radius 3 is 2.41 bits per heavy atom. The zero-order chi connectivity index (χ0) is 20.3. The monoisotopic (exact) mass is 392 g/mol. The quantitative estimate of drug-likeness (QED) is 0.627. The largest absolute Gasteiger partial charge is 0.486 e. The van der Waals surface area contributed by atoms with Gasteiger partial charge in [0.15, 0.2) is 11.6 Å². The van der Waals surface area contributed by atoms with Crippen LogP contribution in [0.15, 0.2) is 72.8 Å². The van der Waals surface area contributed by atoms with Crippen molar-refractivity contribution in [1.29, 1.82) is 0 Å². The smallest absolute Gasteiger partial charge is 0.304 e. The van der Waals surface area contributed by atoms with Gasteiger partial charge in [-0.15, -0.1) is 0 Å². The molecule has 0 aromatic heterocycles. The average molecular weight is 392 g/mol. The molecule has 0 radical (unpaired) electrons. The lowest BCUT2D eigenvalue weighted by Gasteiger charge is -2.40. The predicted octanol–water partition coefficient (Wildman–Crippen LogP) is 4.81. The lowest BCUT2D eigenvalue weighted by molar-refractivity contribution is -0.145. The molecular formula is C24H21FO4. The molecule has 0 unspecified atom stereocenters. The van der Waals surface area contributed by atoms with Gasteiger partial charge in [0.1, 0.15) is 6.61 Å². The summed E-state index contributed by atoms with van der Waals surface area (Å²) in [4.78, 5) is 11.1. The lowest BCUT2D eigenvalue weighted by Crippen LogP contribution is -2.48.